The number of benzene rings is 1. The fraction of sp³-hybridized carbons (Fsp3) is 0.429. The Labute approximate surface area is 123 Å². The highest BCUT2D eigenvalue weighted by molar-refractivity contribution is 5.82. The molecular formula is C14H20N2O5. The van der Waals surface area contributed by atoms with Gasteiger partial charge in [0.1, 0.15) is 18.4 Å². The molecule has 7 nitrogen and oxygen atoms in total. The number of para-hydroxylation sites is 1. The van der Waals surface area contributed by atoms with E-state index >= 15 is 0 Å². The van der Waals surface area contributed by atoms with Crippen LogP contribution in [0.25, 0.3) is 0 Å². The topological polar surface area (TPSA) is 99.1 Å². The number of hydrogen-bond acceptors (Lipinski definition) is 4. The fourth-order valence-electron chi connectivity index (χ4n) is 1.56. The average Bonchev–Trinajstić information content (AvgIpc) is 2.47. The lowest BCUT2D eigenvalue weighted by Crippen LogP contribution is -2.48. The molecule has 7 heteroatoms. The summed E-state index contributed by atoms with van der Waals surface area (Å²) in [4.78, 5) is 23.9. The van der Waals surface area contributed by atoms with Crippen molar-refractivity contribution < 1.29 is 24.5 Å². The van der Waals surface area contributed by atoms with Crippen molar-refractivity contribution in [3.8, 4) is 5.75 Å². The van der Waals surface area contributed by atoms with Gasteiger partial charge in [0.25, 0.3) is 0 Å². The zero-order valence-electron chi connectivity index (χ0n) is 11.9. The van der Waals surface area contributed by atoms with Crippen molar-refractivity contribution >= 4 is 12.0 Å². The normalized spacial score (nSPS) is 11.5. The van der Waals surface area contributed by atoms with Gasteiger partial charge in [-0.25, -0.2) is 4.79 Å². The smallest absolute Gasteiger partial charge is 0.325 e. The molecule has 1 atom stereocenters. The molecule has 1 aromatic carbocycles. The molecular weight excluding hydrogens is 276 g/mol. The van der Waals surface area contributed by atoms with Crippen LogP contribution in [0, 0.1) is 0 Å². The van der Waals surface area contributed by atoms with E-state index in [2.05, 4.69) is 5.32 Å². The van der Waals surface area contributed by atoms with Gasteiger partial charge < -0.3 is 25.2 Å². The minimum atomic E-state index is -1.12. The van der Waals surface area contributed by atoms with Crippen molar-refractivity contribution in [2.24, 2.45) is 0 Å². The molecule has 3 N–H and O–H groups in total. The first-order valence-electron chi connectivity index (χ1n) is 6.61. The highest BCUT2D eigenvalue weighted by Crippen LogP contribution is 2.08. The van der Waals surface area contributed by atoms with Crippen molar-refractivity contribution in [2.45, 2.75) is 13.0 Å². The second-order valence-electron chi connectivity index (χ2n) is 4.38. The fourth-order valence-corrected chi connectivity index (χ4v) is 1.56. The average molecular weight is 296 g/mol. The molecule has 0 radical (unpaired) electrons. The van der Waals surface area contributed by atoms with E-state index in [1.807, 2.05) is 18.2 Å². The minimum absolute atomic E-state index is 0.107. The summed E-state index contributed by atoms with van der Waals surface area (Å²) in [6.45, 7) is 1.76. The SMILES string of the molecule is C[C@H](NC(=O)N(CCO)CCOc1ccccc1)C(=O)O. The second kappa shape index (κ2) is 8.80. The van der Waals surface area contributed by atoms with Gasteiger partial charge in [-0.2, -0.15) is 0 Å². The van der Waals surface area contributed by atoms with Crippen molar-refractivity contribution in [2.75, 3.05) is 26.3 Å². The van der Waals surface area contributed by atoms with Gasteiger partial charge in [-0.05, 0) is 19.1 Å². The van der Waals surface area contributed by atoms with Crippen molar-refractivity contribution in [1.82, 2.24) is 10.2 Å². The number of ether oxygens (including phenoxy) is 1. The largest absolute Gasteiger partial charge is 0.492 e. The number of carbonyl (C=O) groups is 2. The van der Waals surface area contributed by atoms with E-state index in [-0.39, 0.29) is 26.3 Å². The highest BCUT2D eigenvalue weighted by Gasteiger charge is 2.18. The molecule has 0 aliphatic rings. The summed E-state index contributed by atoms with van der Waals surface area (Å²) in [6, 6.07) is 7.59. The summed E-state index contributed by atoms with van der Waals surface area (Å²) in [6.07, 6.45) is 0. The van der Waals surface area contributed by atoms with E-state index in [9.17, 15) is 9.59 Å². The molecule has 0 saturated heterocycles. The van der Waals surface area contributed by atoms with Crippen LogP contribution in [0.15, 0.2) is 30.3 Å². The van der Waals surface area contributed by atoms with Crippen molar-refractivity contribution in [3.63, 3.8) is 0 Å². The molecule has 0 heterocycles. The molecule has 21 heavy (non-hydrogen) atoms. The van der Waals surface area contributed by atoms with Crippen molar-refractivity contribution in [1.29, 1.82) is 0 Å². The number of carboxylic acids is 1. The molecule has 0 bridgehead atoms. The quantitative estimate of drug-likeness (QED) is 0.650. The van der Waals surface area contributed by atoms with Crippen LogP contribution in [0.5, 0.6) is 5.75 Å². The summed E-state index contributed by atoms with van der Waals surface area (Å²) in [7, 11) is 0. The lowest BCUT2D eigenvalue weighted by Gasteiger charge is -2.23. The third-order valence-electron chi connectivity index (χ3n) is 2.74. The standard InChI is InChI=1S/C14H20N2O5/c1-11(13(18)19)15-14(20)16(7-9-17)8-10-21-12-5-3-2-4-6-12/h2-6,11,17H,7-10H2,1H3,(H,15,20)(H,18,19)/t11-/m0/s1. The van der Waals surface area contributed by atoms with Gasteiger partial charge in [-0.3, -0.25) is 4.79 Å². The molecule has 0 aliphatic carbocycles. The monoisotopic (exact) mass is 296 g/mol. The lowest BCUT2D eigenvalue weighted by atomic mass is 10.3. The van der Waals surface area contributed by atoms with Crippen LogP contribution < -0.4 is 10.1 Å². The van der Waals surface area contributed by atoms with Gasteiger partial charge in [-0.1, -0.05) is 18.2 Å². The number of nitrogens with one attached hydrogen (secondary N) is 1. The molecule has 0 fully saturated rings. The summed E-state index contributed by atoms with van der Waals surface area (Å²) < 4.78 is 5.47. The number of hydrogen-bond donors (Lipinski definition) is 3. The summed E-state index contributed by atoms with van der Waals surface area (Å²) in [5, 5.41) is 20.1. The number of aliphatic hydroxyl groups excluding tert-OH is 1. The zero-order chi connectivity index (χ0) is 15.7. The Morgan fingerprint density at radius 1 is 1.29 bits per heavy atom. The van der Waals surface area contributed by atoms with Gasteiger partial charge in [0, 0.05) is 6.54 Å². The number of urea groups is 1. The van der Waals surface area contributed by atoms with Crippen LogP contribution in [0.2, 0.25) is 0 Å². The van der Waals surface area contributed by atoms with Gasteiger partial charge in [0.2, 0.25) is 0 Å². The maximum Gasteiger partial charge on any atom is 0.325 e. The lowest BCUT2D eigenvalue weighted by molar-refractivity contribution is -0.138. The molecule has 0 unspecified atom stereocenters. The highest BCUT2D eigenvalue weighted by atomic mass is 16.5. The first kappa shape index (κ1) is 16.8. The molecule has 0 spiro atoms. The summed E-state index contributed by atoms with van der Waals surface area (Å²) >= 11 is 0. The Balaban J connectivity index is 2.45. The van der Waals surface area contributed by atoms with Crippen LogP contribution in [0.1, 0.15) is 6.92 Å². The van der Waals surface area contributed by atoms with Crippen LogP contribution in [-0.4, -0.2) is 59.5 Å². The Kier molecular flexibility index (Phi) is 7.03. The summed E-state index contributed by atoms with van der Waals surface area (Å²) in [5.41, 5.74) is 0. The van der Waals surface area contributed by atoms with Crippen LogP contribution in [0.4, 0.5) is 4.79 Å². The van der Waals surface area contributed by atoms with E-state index < -0.39 is 18.0 Å². The molecule has 0 aromatic heterocycles. The van der Waals surface area contributed by atoms with Crippen LogP contribution >= 0.6 is 0 Å². The number of aliphatic hydroxyl groups is 1. The molecule has 1 rings (SSSR count). The Morgan fingerprint density at radius 3 is 2.52 bits per heavy atom. The molecule has 116 valence electrons. The maximum atomic E-state index is 11.9. The molecule has 1 aromatic rings. The van der Waals surface area contributed by atoms with E-state index in [0.29, 0.717) is 5.75 Å². The Morgan fingerprint density at radius 2 is 1.95 bits per heavy atom. The van der Waals surface area contributed by atoms with Gasteiger partial charge in [0.05, 0.1) is 13.2 Å². The first-order chi connectivity index (χ1) is 10.0. The first-order valence-corrected chi connectivity index (χ1v) is 6.61. The predicted molar refractivity (Wildman–Crippen MR) is 76.2 cm³/mol. The van der Waals surface area contributed by atoms with Crippen molar-refractivity contribution in [3.05, 3.63) is 30.3 Å². The minimum Gasteiger partial charge on any atom is -0.492 e. The number of rotatable bonds is 8. The summed E-state index contributed by atoms with van der Waals surface area (Å²) in [5.74, 6) is -0.436. The predicted octanol–water partition coefficient (Wildman–Crippen LogP) is 0.542. The van der Waals surface area contributed by atoms with E-state index in [1.165, 1.54) is 11.8 Å². The van der Waals surface area contributed by atoms with Gasteiger partial charge in [-0.15, -0.1) is 0 Å². The van der Waals surface area contributed by atoms with Crippen LogP contribution in [0.3, 0.4) is 0 Å². The van der Waals surface area contributed by atoms with E-state index in [1.54, 1.807) is 12.1 Å². The molecule has 2 amide bonds. The number of amides is 2. The Bertz CT molecular complexity index is 452. The number of nitrogens with zero attached hydrogens (tertiary/aromatic N) is 1. The molecule has 0 saturated carbocycles. The van der Waals surface area contributed by atoms with Gasteiger partial charge >= 0.3 is 12.0 Å². The zero-order valence-corrected chi connectivity index (χ0v) is 11.9. The van der Waals surface area contributed by atoms with Crippen LogP contribution in [-0.2, 0) is 4.79 Å². The van der Waals surface area contributed by atoms with E-state index in [0.717, 1.165) is 0 Å². The third kappa shape index (κ3) is 6.13. The number of aliphatic carboxylic acids is 1. The van der Waals surface area contributed by atoms with Gasteiger partial charge in [0.15, 0.2) is 0 Å². The second-order valence-corrected chi connectivity index (χ2v) is 4.38. The number of carboxylic acid groups (broad SMARTS) is 1. The Hall–Kier alpha value is -2.28. The maximum absolute atomic E-state index is 11.9. The van der Waals surface area contributed by atoms with E-state index in [4.69, 9.17) is 14.9 Å². The third-order valence-corrected chi connectivity index (χ3v) is 2.74. The number of carbonyl (C=O) groups excluding carboxylic acids is 1. The molecule has 0 aliphatic heterocycles.